The van der Waals surface area contributed by atoms with E-state index in [1.807, 2.05) is 0 Å². The number of fused-ring (bicyclic) bond motifs is 1. The maximum atomic E-state index is 8.81. The van der Waals surface area contributed by atoms with Gasteiger partial charge < -0.3 is 15.3 Å². The molecule has 0 aromatic heterocycles. The van der Waals surface area contributed by atoms with E-state index in [1.54, 1.807) is 0 Å². The maximum Gasteiger partial charge on any atom is 0.0431 e. The van der Waals surface area contributed by atoms with Gasteiger partial charge in [0.1, 0.15) is 0 Å². The van der Waals surface area contributed by atoms with Crippen LogP contribution in [-0.4, -0.2) is 47.8 Å². The van der Waals surface area contributed by atoms with Gasteiger partial charge in [-0.1, -0.05) is 0 Å². The zero-order valence-corrected chi connectivity index (χ0v) is 10.5. The van der Waals surface area contributed by atoms with Crippen molar-refractivity contribution in [3.63, 3.8) is 0 Å². The van der Waals surface area contributed by atoms with Gasteiger partial charge in [-0.2, -0.15) is 0 Å². The Labute approximate surface area is 99.2 Å². The molecule has 3 heteroatoms. The van der Waals surface area contributed by atoms with Gasteiger partial charge in [0, 0.05) is 24.7 Å². The van der Waals surface area contributed by atoms with Gasteiger partial charge in [-0.15, -0.1) is 0 Å². The molecule has 0 aromatic carbocycles. The molecule has 3 nitrogen and oxygen atoms in total. The summed E-state index contributed by atoms with van der Waals surface area (Å²) in [5.41, 5.74) is 0. The molecule has 0 radical (unpaired) electrons. The van der Waals surface area contributed by atoms with E-state index in [0.29, 0.717) is 18.7 Å². The highest BCUT2D eigenvalue weighted by Crippen LogP contribution is 2.27. The predicted octanol–water partition coefficient (Wildman–Crippen LogP) is 1.36. The van der Waals surface area contributed by atoms with E-state index in [0.717, 1.165) is 18.9 Å². The number of nitrogens with zero attached hydrogens (tertiary/aromatic N) is 1. The molecule has 0 amide bonds. The molecule has 94 valence electrons. The number of nitrogens with one attached hydrogen (secondary N) is 1. The van der Waals surface area contributed by atoms with E-state index >= 15 is 0 Å². The van der Waals surface area contributed by atoms with Crippen LogP contribution in [0, 0.1) is 0 Å². The number of hydrogen-bond donors (Lipinski definition) is 2. The average molecular weight is 226 g/mol. The molecule has 16 heavy (non-hydrogen) atoms. The first-order chi connectivity index (χ1) is 7.79. The molecule has 0 aromatic rings. The van der Waals surface area contributed by atoms with Crippen molar-refractivity contribution >= 4 is 0 Å². The summed E-state index contributed by atoms with van der Waals surface area (Å²) < 4.78 is 0. The number of piperidine rings is 1. The summed E-state index contributed by atoms with van der Waals surface area (Å²) in [7, 11) is 0. The van der Waals surface area contributed by atoms with Crippen molar-refractivity contribution < 1.29 is 5.11 Å². The lowest BCUT2D eigenvalue weighted by molar-refractivity contribution is 0.160. The molecule has 3 atom stereocenters. The molecule has 2 rings (SSSR count). The molecule has 0 spiro atoms. The van der Waals surface area contributed by atoms with Crippen LogP contribution in [0.3, 0.4) is 0 Å². The van der Waals surface area contributed by atoms with Crippen molar-refractivity contribution in [1.82, 2.24) is 10.2 Å². The van der Waals surface area contributed by atoms with Gasteiger partial charge in [-0.05, 0) is 58.5 Å². The van der Waals surface area contributed by atoms with Crippen LogP contribution in [0.5, 0.6) is 0 Å². The lowest BCUT2D eigenvalue weighted by Crippen LogP contribution is -2.48. The van der Waals surface area contributed by atoms with Gasteiger partial charge in [-0.3, -0.25) is 0 Å². The van der Waals surface area contributed by atoms with E-state index in [-0.39, 0.29) is 0 Å². The van der Waals surface area contributed by atoms with Gasteiger partial charge in [-0.25, -0.2) is 0 Å². The number of hydrogen-bond acceptors (Lipinski definition) is 3. The highest BCUT2D eigenvalue weighted by Gasteiger charge is 2.31. The minimum atomic E-state index is 0.326. The molecule has 3 unspecified atom stereocenters. The van der Waals surface area contributed by atoms with Crippen LogP contribution in [0.1, 0.15) is 45.4 Å². The fourth-order valence-electron chi connectivity index (χ4n) is 3.26. The Balaban J connectivity index is 1.70. The van der Waals surface area contributed by atoms with Crippen molar-refractivity contribution in [2.45, 2.75) is 63.6 Å². The molecule has 0 bridgehead atoms. The second-order valence-electron chi connectivity index (χ2n) is 5.49. The molecule has 0 aliphatic carbocycles. The Morgan fingerprint density at radius 1 is 1.38 bits per heavy atom. The smallest absolute Gasteiger partial charge is 0.0431 e. The second kappa shape index (κ2) is 5.99. The average Bonchev–Trinajstić information content (AvgIpc) is 2.73. The molecule has 2 saturated heterocycles. The van der Waals surface area contributed by atoms with Crippen LogP contribution in [0.15, 0.2) is 0 Å². The van der Waals surface area contributed by atoms with Crippen LogP contribution in [0.2, 0.25) is 0 Å². The van der Waals surface area contributed by atoms with E-state index in [9.17, 15) is 0 Å². The van der Waals surface area contributed by atoms with Gasteiger partial charge >= 0.3 is 0 Å². The molecule has 0 saturated carbocycles. The van der Waals surface area contributed by atoms with Crippen LogP contribution >= 0.6 is 0 Å². The second-order valence-corrected chi connectivity index (χ2v) is 5.49. The summed E-state index contributed by atoms with van der Waals surface area (Å²) in [5.74, 6) is 0. The molecular formula is C13H26N2O. The lowest BCUT2D eigenvalue weighted by atomic mass is 9.96. The molecule has 2 heterocycles. The largest absolute Gasteiger partial charge is 0.396 e. The monoisotopic (exact) mass is 226 g/mol. The van der Waals surface area contributed by atoms with Gasteiger partial charge in [0.2, 0.25) is 0 Å². The zero-order valence-electron chi connectivity index (χ0n) is 10.5. The van der Waals surface area contributed by atoms with Crippen LogP contribution < -0.4 is 5.32 Å². The van der Waals surface area contributed by atoms with Crippen molar-refractivity contribution in [3.05, 3.63) is 0 Å². The summed E-state index contributed by atoms with van der Waals surface area (Å²) in [4.78, 5) is 2.66. The van der Waals surface area contributed by atoms with Gasteiger partial charge in [0.25, 0.3) is 0 Å². The lowest BCUT2D eigenvalue weighted by Gasteiger charge is -2.36. The minimum Gasteiger partial charge on any atom is -0.396 e. The number of aliphatic hydroxyl groups excluding tert-OH is 1. The third kappa shape index (κ3) is 3.19. The fraction of sp³-hybridized carbons (Fsp3) is 1.00. The molecule has 2 aliphatic rings. The Morgan fingerprint density at radius 2 is 2.25 bits per heavy atom. The predicted molar refractivity (Wildman–Crippen MR) is 66.5 cm³/mol. The van der Waals surface area contributed by atoms with Crippen molar-refractivity contribution in [2.24, 2.45) is 0 Å². The van der Waals surface area contributed by atoms with Crippen molar-refractivity contribution in [1.29, 1.82) is 0 Å². The van der Waals surface area contributed by atoms with Crippen LogP contribution in [0.4, 0.5) is 0 Å². The van der Waals surface area contributed by atoms with Crippen LogP contribution in [0.25, 0.3) is 0 Å². The summed E-state index contributed by atoms with van der Waals surface area (Å²) in [6.07, 6.45) is 7.47. The van der Waals surface area contributed by atoms with E-state index in [4.69, 9.17) is 5.11 Å². The van der Waals surface area contributed by atoms with Crippen molar-refractivity contribution in [2.75, 3.05) is 19.7 Å². The SMILES string of the molecule is CC(CCCO)NC1CCN2CCCC2C1. The topological polar surface area (TPSA) is 35.5 Å². The summed E-state index contributed by atoms with van der Waals surface area (Å²) in [5, 5.41) is 12.5. The Kier molecular flexibility index (Phi) is 4.62. The van der Waals surface area contributed by atoms with E-state index < -0.39 is 0 Å². The van der Waals surface area contributed by atoms with Crippen LogP contribution in [-0.2, 0) is 0 Å². The number of aliphatic hydroxyl groups is 1. The van der Waals surface area contributed by atoms with Gasteiger partial charge in [0.15, 0.2) is 0 Å². The first-order valence-electron chi connectivity index (χ1n) is 6.90. The Bertz CT molecular complexity index is 210. The van der Waals surface area contributed by atoms with Gasteiger partial charge in [0.05, 0.1) is 0 Å². The molecule has 2 N–H and O–H groups in total. The normalized spacial score (nSPS) is 32.6. The maximum absolute atomic E-state index is 8.81. The molecular weight excluding hydrogens is 200 g/mol. The highest BCUT2D eigenvalue weighted by molar-refractivity contribution is 4.89. The third-order valence-corrected chi connectivity index (χ3v) is 4.14. The summed E-state index contributed by atoms with van der Waals surface area (Å²) in [6.45, 7) is 5.19. The fourth-order valence-corrected chi connectivity index (χ4v) is 3.26. The summed E-state index contributed by atoms with van der Waals surface area (Å²) >= 11 is 0. The van der Waals surface area contributed by atoms with Crippen molar-refractivity contribution in [3.8, 4) is 0 Å². The Morgan fingerprint density at radius 3 is 3.06 bits per heavy atom. The molecule has 2 aliphatic heterocycles. The molecule has 2 fully saturated rings. The minimum absolute atomic E-state index is 0.326. The van der Waals surface area contributed by atoms with E-state index in [1.165, 1.54) is 38.8 Å². The Hall–Kier alpha value is -0.120. The summed E-state index contributed by atoms with van der Waals surface area (Å²) in [6, 6.07) is 2.13. The first kappa shape index (κ1) is 12.3. The quantitative estimate of drug-likeness (QED) is 0.743. The first-order valence-corrected chi connectivity index (χ1v) is 6.90. The number of rotatable bonds is 5. The third-order valence-electron chi connectivity index (χ3n) is 4.14. The highest BCUT2D eigenvalue weighted by atomic mass is 16.2. The standard InChI is InChI=1S/C13H26N2O/c1-11(4-3-9-16)14-12-6-8-15-7-2-5-13(15)10-12/h11-14,16H,2-10H2,1H3. The van der Waals surface area contributed by atoms with E-state index in [2.05, 4.69) is 17.1 Å². The zero-order chi connectivity index (χ0) is 11.4.